The van der Waals surface area contributed by atoms with E-state index in [1.54, 1.807) is 0 Å². The van der Waals surface area contributed by atoms with Crippen molar-refractivity contribution in [2.24, 2.45) is 10.9 Å². The molecular weight excluding hydrogens is 270 g/mol. The first kappa shape index (κ1) is 14.5. The zero-order chi connectivity index (χ0) is 14.0. The Morgan fingerprint density at radius 2 is 1.95 bits per heavy atom. The SMILES string of the molecule is CC(C(N)=NO)N1CCN(S(=O)(=O)NC2CC2)CC1. The van der Waals surface area contributed by atoms with Crippen molar-refractivity contribution in [3.8, 4) is 0 Å². The fourth-order valence-corrected chi connectivity index (χ4v) is 3.54. The van der Waals surface area contributed by atoms with Gasteiger partial charge in [-0.15, -0.1) is 0 Å². The third-order valence-electron chi connectivity index (χ3n) is 3.60. The van der Waals surface area contributed by atoms with Crippen LogP contribution < -0.4 is 10.5 Å². The van der Waals surface area contributed by atoms with Crippen molar-refractivity contribution in [1.29, 1.82) is 0 Å². The van der Waals surface area contributed by atoms with E-state index in [4.69, 9.17) is 10.9 Å². The highest BCUT2D eigenvalue weighted by Crippen LogP contribution is 2.21. The van der Waals surface area contributed by atoms with E-state index < -0.39 is 10.2 Å². The monoisotopic (exact) mass is 291 g/mol. The summed E-state index contributed by atoms with van der Waals surface area (Å²) >= 11 is 0. The van der Waals surface area contributed by atoms with Gasteiger partial charge in [0.15, 0.2) is 5.84 Å². The minimum absolute atomic E-state index is 0.124. The molecule has 0 aromatic heterocycles. The average molecular weight is 291 g/mol. The van der Waals surface area contributed by atoms with Crippen LogP contribution in [-0.4, -0.2) is 66.9 Å². The van der Waals surface area contributed by atoms with Gasteiger partial charge in [-0.1, -0.05) is 5.16 Å². The molecular formula is C10H21N5O3S. The van der Waals surface area contributed by atoms with Gasteiger partial charge in [0.05, 0.1) is 6.04 Å². The van der Waals surface area contributed by atoms with Gasteiger partial charge in [-0.3, -0.25) is 4.90 Å². The number of oxime groups is 1. The lowest BCUT2D eigenvalue weighted by atomic mass is 10.2. The highest BCUT2D eigenvalue weighted by Gasteiger charge is 2.33. The van der Waals surface area contributed by atoms with Gasteiger partial charge < -0.3 is 10.9 Å². The minimum Gasteiger partial charge on any atom is -0.409 e. The Morgan fingerprint density at radius 1 is 1.37 bits per heavy atom. The minimum atomic E-state index is -3.35. The molecule has 1 aliphatic carbocycles. The quantitative estimate of drug-likeness (QED) is 0.253. The number of nitrogens with zero attached hydrogens (tertiary/aromatic N) is 3. The molecule has 110 valence electrons. The first-order valence-corrected chi connectivity index (χ1v) is 7.87. The van der Waals surface area contributed by atoms with Crippen LogP contribution in [0.5, 0.6) is 0 Å². The van der Waals surface area contributed by atoms with Crippen LogP contribution in [0.1, 0.15) is 19.8 Å². The van der Waals surface area contributed by atoms with Gasteiger partial charge in [-0.2, -0.15) is 17.4 Å². The average Bonchev–Trinajstić information content (AvgIpc) is 3.20. The second-order valence-electron chi connectivity index (χ2n) is 5.03. The third-order valence-corrected chi connectivity index (χ3v) is 5.27. The molecule has 1 unspecified atom stereocenters. The second-order valence-corrected chi connectivity index (χ2v) is 6.74. The standard InChI is InChI=1S/C10H21N5O3S/c1-8(10(11)12-16)14-4-6-15(7-5-14)19(17,18)13-9-2-3-9/h8-9,13,16H,2-7H2,1H3,(H2,11,12). The molecule has 1 heterocycles. The summed E-state index contributed by atoms with van der Waals surface area (Å²) in [6.45, 7) is 3.82. The number of hydrogen-bond acceptors (Lipinski definition) is 5. The molecule has 2 aliphatic rings. The molecule has 0 aromatic carbocycles. The zero-order valence-corrected chi connectivity index (χ0v) is 11.8. The van der Waals surface area contributed by atoms with Gasteiger partial charge in [0, 0.05) is 32.2 Å². The maximum atomic E-state index is 12.0. The van der Waals surface area contributed by atoms with Crippen molar-refractivity contribution in [3.63, 3.8) is 0 Å². The molecule has 2 rings (SSSR count). The van der Waals surface area contributed by atoms with Crippen molar-refractivity contribution in [1.82, 2.24) is 13.9 Å². The lowest BCUT2D eigenvalue weighted by Gasteiger charge is -2.36. The Labute approximate surface area is 113 Å². The van der Waals surface area contributed by atoms with Crippen molar-refractivity contribution in [2.75, 3.05) is 26.2 Å². The summed E-state index contributed by atoms with van der Waals surface area (Å²) in [6, 6.07) is -0.0645. The molecule has 0 radical (unpaired) electrons. The summed E-state index contributed by atoms with van der Waals surface area (Å²) < 4.78 is 28.1. The van der Waals surface area contributed by atoms with Gasteiger partial charge in [0.2, 0.25) is 0 Å². The molecule has 0 amide bonds. The second kappa shape index (κ2) is 5.61. The Bertz CT molecular complexity index is 440. The van der Waals surface area contributed by atoms with Gasteiger partial charge >= 0.3 is 0 Å². The van der Waals surface area contributed by atoms with Crippen LogP contribution in [0.25, 0.3) is 0 Å². The summed E-state index contributed by atoms with van der Waals surface area (Å²) in [7, 11) is -3.35. The van der Waals surface area contributed by atoms with Gasteiger partial charge in [-0.25, -0.2) is 0 Å². The van der Waals surface area contributed by atoms with E-state index in [2.05, 4.69) is 9.88 Å². The van der Waals surface area contributed by atoms with E-state index in [0.717, 1.165) is 12.8 Å². The largest absolute Gasteiger partial charge is 0.409 e. The highest BCUT2D eigenvalue weighted by molar-refractivity contribution is 7.87. The molecule has 1 atom stereocenters. The van der Waals surface area contributed by atoms with Gasteiger partial charge in [0.25, 0.3) is 10.2 Å². The number of rotatable bonds is 5. The third kappa shape index (κ3) is 3.56. The van der Waals surface area contributed by atoms with Crippen LogP contribution >= 0.6 is 0 Å². The van der Waals surface area contributed by atoms with Crippen molar-refractivity contribution >= 4 is 16.0 Å². The predicted octanol–water partition coefficient (Wildman–Crippen LogP) is -1.26. The molecule has 4 N–H and O–H groups in total. The molecule has 0 bridgehead atoms. The molecule has 2 fully saturated rings. The Kier molecular flexibility index (Phi) is 4.29. The van der Waals surface area contributed by atoms with E-state index in [1.807, 2.05) is 11.8 Å². The summed E-state index contributed by atoms with van der Waals surface area (Å²) in [5, 5.41) is 11.6. The molecule has 19 heavy (non-hydrogen) atoms. The van der Waals surface area contributed by atoms with Crippen LogP contribution in [0.4, 0.5) is 0 Å². The molecule has 1 aliphatic heterocycles. The summed E-state index contributed by atoms with van der Waals surface area (Å²) in [6.07, 6.45) is 1.86. The van der Waals surface area contributed by atoms with Gasteiger partial charge in [-0.05, 0) is 19.8 Å². The zero-order valence-electron chi connectivity index (χ0n) is 11.0. The number of nitrogens with one attached hydrogen (secondary N) is 1. The first-order chi connectivity index (χ1) is 8.94. The predicted molar refractivity (Wildman–Crippen MR) is 71.1 cm³/mol. The molecule has 1 saturated carbocycles. The molecule has 0 aromatic rings. The number of hydrogen-bond donors (Lipinski definition) is 3. The lowest BCUT2D eigenvalue weighted by molar-refractivity contribution is 0.170. The van der Waals surface area contributed by atoms with Gasteiger partial charge in [0.1, 0.15) is 0 Å². The van der Waals surface area contributed by atoms with Crippen LogP contribution in [0.15, 0.2) is 5.16 Å². The maximum Gasteiger partial charge on any atom is 0.279 e. The van der Waals surface area contributed by atoms with Crippen molar-refractivity contribution < 1.29 is 13.6 Å². The molecule has 0 spiro atoms. The summed E-state index contributed by atoms with van der Waals surface area (Å²) in [5.41, 5.74) is 5.56. The fourth-order valence-electron chi connectivity index (χ4n) is 2.09. The molecule has 9 heteroatoms. The Balaban J connectivity index is 1.88. The number of amidine groups is 1. The van der Waals surface area contributed by atoms with E-state index in [-0.39, 0.29) is 17.9 Å². The van der Waals surface area contributed by atoms with Crippen LogP contribution in [0.3, 0.4) is 0 Å². The van der Waals surface area contributed by atoms with Crippen molar-refractivity contribution in [2.45, 2.75) is 31.8 Å². The van der Waals surface area contributed by atoms with Crippen LogP contribution in [0, 0.1) is 0 Å². The lowest BCUT2D eigenvalue weighted by Crippen LogP contribution is -2.56. The fraction of sp³-hybridized carbons (Fsp3) is 0.900. The topological polar surface area (TPSA) is 111 Å². The first-order valence-electron chi connectivity index (χ1n) is 6.43. The van der Waals surface area contributed by atoms with Crippen molar-refractivity contribution in [3.05, 3.63) is 0 Å². The molecule has 8 nitrogen and oxygen atoms in total. The Hall–Kier alpha value is -0.900. The number of nitrogens with two attached hydrogens (primary N) is 1. The summed E-state index contributed by atoms with van der Waals surface area (Å²) in [5.74, 6) is 0.146. The van der Waals surface area contributed by atoms with Crippen LogP contribution in [-0.2, 0) is 10.2 Å². The van der Waals surface area contributed by atoms with Crippen LogP contribution in [0.2, 0.25) is 0 Å². The van der Waals surface area contributed by atoms with E-state index in [1.165, 1.54) is 4.31 Å². The highest BCUT2D eigenvalue weighted by atomic mass is 32.2. The van der Waals surface area contributed by atoms with E-state index >= 15 is 0 Å². The smallest absolute Gasteiger partial charge is 0.279 e. The summed E-state index contributed by atoms with van der Waals surface area (Å²) in [4.78, 5) is 2.00. The van der Waals surface area contributed by atoms with E-state index in [9.17, 15) is 8.42 Å². The normalized spacial score (nSPS) is 25.4. The number of piperazine rings is 1. The maximum absolute atomic E-state index is 12.0. The van der Waals surface area contributed by atoms with E-state index in [0.29, 0.717) is 26.2 Å². The molecule has 1 saturated heterocycles. The Morgan fingerprint density at radius 3 is 2.42 bits per heavy atom.